The summed E-state index contributed by atoms with van der Waals surface area (Å²) < 4.78 is 18.9. The maximum Gasteiger partial charge on any atom is 0.197 e. The summed E-state index contributed by atoms with van der Waals surface area (Å²) >= 11 is 11.4. The molecule has 1 aromatic heterocycles. The summed E-state index contributed by atoms with van der Waals surface area (Å²) in [6, 6.07) is 9.36. The Morgan fingerprint density at radius 2 is 1.74 bits per heavy atom. The van der Waals surface area contributed by atoms with Gasteiger partial charge in [-0.05, 0) is 12.5 Å². The van der Waals surface area contributed by atoms with Crippen molar-refractivity contribution in [2.24, 2.45) is 0 Å². The van der Waals surface area contributed by atoms with E-state index in [-0.39, 0.29) is 16.1 Å². The molecule has 100 valence electrons. The van der Waals surface area contributed by atoms with Gasteiger partial charge in [-0.25, -0.2) is 14.4 Å². The molecule has 1 aromatic carbocycles. The number of halogens is 3. The Kier molecular flexibility index (Phi) is 4.69. The standard InChI is InChI=1S/C13H11Cl2FN2O/c1-2-19-10(8-6-4-3-5-7-8)13-17-11(14)9(16)12(15)18-13/h3-7,10H,2H2,1H3. The van der Waals surface area contributed by atoms with Crippen LogP contribution < -0.4 is 0 Å². The van der Waals surface area contributed by atoms with E-state index in [9.17, 15) is 4.39 Å². The van der Waals surface area contributed by atoms with Crippen LogP contribution in [-0.4, -0.2) is 16.6 Å². The number of hydrogen-bond donors (Lipinski definition) is 0. The van der Waals surface area contributed by atoms with Crippen molar-refractivity contribution in [1.82, 2.24) is 9.97 Å². The second kappa shape index (κ2) is 6.28. The largest absolute Gasteiger partial charge is 0.366 e. The number of ether oxygens (including phenoxy) is 1. The lowest BCUT2D eigenvalue weighted by molar-refractivity contribution is 0.0850. The average molecular weight is 301 g/mol. The monoisotopic (exact) mass is 300 g/mol. The topological polar surface area (TPSA) is 35.0 Å². The number of aromatic nitrogens is 2. The van der Waals surface area contributed by atoms with E-state index < -0.39 is 11.9 Å². The highest BCUT2D eigenvalue weighted by atomic mass is 35.5. The molecule has 2 rings (SSSR count). The van der Waals surface area contributed by atoms with Gasteiger partial charge in [0.15, 0.2) is 21.9 Å². The Hall–Kier alpha value is -1.23. The molecule has 1 heterocycles. The minimum atomic E-state index is -0.824. The van der Waals surface area contributed by atoms with Crippen LogP contribution in [0, 0.1) is 5.82 Å². The first-order chi connectivity index (χ1) is 9.13. The van der Waals surface area contributed by atoms with Gasteiger partial charge in [0.25, 0.3) is 0 Å². The Morgan fingerprint density at radius 3 is 2.26 bits per heavy atom. The first-order valence-corrected chi connectivity index (χ1v) is 6.44. The Bertz CT molecular complexity index is 543. The molecular formula is C13H11Cl2FN2O. The van der Waals surface area contributed by atoms with Crippen LogP contribution in [0.1, 0.15) is 24.4 Å². The molecule has 0 radical (unpaired) electrons. The van der Waals surface area contributed by atoms with Gasteiger partial charge in [-0.15, -0.1) is 0 Å². The van der Waals surface area contributed by atoms with E-state index in [1.54, 1.807) is 0 Å². The highest BCUT2D eigenvalue weighted by molar-refractivity contribution is 6.33. The van der Waals surface area contributed by atoms with Crippen molar-refractivity contribution in [3.8, 4) is 0 Å². The molecule has 0 aliphatic heterocycles. The van der Waals surface area contributed by atoms with Crippen LogP contribution in [0.4, 0.5) is 4.39 Å². The third-order valence-corrected chi connectivity index (χ3v) is 2.96. The first-order valence-electron chi connectivity index (χ1n) is 5.68. The minimum absolute atomic E-state index is 0.240. The summed E-state index contributed by atoms with van der Waals surface area (Å²) in [7, 11) is 0. The fourth-order valence-corrected chi connectivity index (χ4v) is 2.04. The normalized spacial score (nSPS) is 12.4. The molecule has 0 saturated heterocycles. The van der Waals surface area contributed by atoms with Crippen LogP contribution in [0.25, 0.3) is 0 Å². The van der Waals surface area contributed by atoms with Gasteiger partial charge in [0, 0.05) is 6.61 Å². The molecule has 0 amide bonds. The molecular weight excluding hydrogens is 290 g/mol. The molecule has 0 aliphatic rings. The fraction of sp³-hybridized carbons (Fsp3) is 0.231. The van der Waals surface area contributed by atoms with E-state index in [1.165, 1.54) is 0 Å². The third-order valence-electron chi connectivity index (χ3n) is 2.46. The van der Waals surface area contributed by atoms with Crippen LogP contribution in [0.2, 0.25) is 10.3 Å². The van der Waals surface area contributed by atoms with Crippen molar-refractivity contribution in [2.75, 3.05) is 6.61 Å². The maximum absolute atomic E-state index is 13.3. The van der Waals surface area contributed by atoms with E-state index in [2.05, 4.69) is 9.97 Å². The first kappa shape index (κ1) is 14.2. The average Bonchev–Trinajstić information content (AvgIpc) is 2.42. The van der Waals surface area contributed by atoms with Gasteiger partial charge in [0.1, 0.15) is 6.10 Å². The van der Waals surface area contributed by atoms with Crippen molar-refractivity contribution in [3.63, 3.8) is 0 Å². The molecule has 1 unspecified atom stereocenters. The molecule has 0 bridgehead atoms. The number of benzene rings is 1. The smallest absolute Gasteiger partial charge is 0.197 e. The summed E-state index contributed by atoms with van der Waals surface area (Å²) in [6.45, 7) is 2.30. The Labute approximate surface area is 120 Å². The van der Waals surface area contributed by atoms with Crippen LogP contribution >= 0.6 is 23.2 Å². The molecule has 0 aliphatic carbocycles. The lowest BCUT2D eigenvalue weighted by Crippen LogP contribution is -2.11. The predicted octanol–water partition coefficient (Wildman–Crippen LogP) is 4.05. The minimum Gasteiger partial charge on any atom is -0.366 e. The van der Waals surface area contributed by atoms with Crippen LogP contribution in [0.3, 0.4) is 0 Å². The van der Waals surface area contributed by atoms with Crippen molar-refractivity contribution in [2.45, 2.75) is 13.0 Å². The van der Waals surface area contributed by atoms with E-state index in [1.807, 2.05) is 37.3 Å². The van der Waals surface area contributed by atoms with E-state index in [0.29, 0.717) is 6.61 Å². The highest BCUT2D eigenvalue weighted by Gasteiger charge is 2.21. The van der Waals surface area contributed by atoms with Crippen LogP contribution in [-0.2, 0) is 4.74 Å². The van der Waals surface area contributed by atoms with Gasteiger partial charge in [0.05, 0.1) is 0 Å². The van der Waals surface area contributed by atoms with Gasteiger partial charge in [0.2, 0.25) is 0 Å². The molecule has 0 spiro atoms. The third kappa shape index (κ3) is 3.21. The Balaban J connectivity index is 2.45. The summed E-state index contributed by atoms with van der Waals surface area (Å²) in [5.74, 6) is -0.583. The molecule has 19 heavy (non-hydrogen) atoms. The summed E-state index contributed by atoms with van der Waals surface area (Å²) in [4.78, 5) is 7.80. The van der Waals surface area contributed by atoms with E-state index in [0.717, 1.165) is 5.56 Å². The lowest BCUT2D eigenvalue weighted by Gasteiger charge is -2.16. The van der Waals surface area contributed by atoms with Crippen LogP contribution in [0.15, 0.2) is 30.3 Å². The van der Waals surface area contributed by atoms with Crippen molar-refractivity contribution < 1.29 is 9.13 Å². The van der Waals surface area contributed by atoms with Crippen molar-refractivity contribution >= 4 is 23.2 Å². The van der Waals surface area contributed by atoms with Gasteiger partial charge < -0.3 is 4.74 Å². The second-order valence-electron chi connectivity index (χ2n) is 3.72. The number of nitrogens with zero attached hydrogens (tertiary/aromatic N) is 2. The molecule has 0 N–H and O–H groups in total. The molecule has 1 atom stereocenters. The zero-order valence-corrected chi connectivity index (χ0v) is 11.6. The summed E-state index contributed by atoms with van der Waals surface area (Å²) in [5.41, 5.74) is 0.850. The number of hydrogen-bond acceptors (Lipinski definition) is 3. The summed E-state index contributed by atoms with van der Waals surface area (Å²) in [5, 5.41) is -0.619. The molecule has 0 saturated carbocycles. The number of rotatable bonds is 4. The molecule has 0 fully saturated rings. The van der Waals surface area contributed by atoms with E-state index in [4.69, 9.17) is 27.9 Å². The highest BCUT2D eigenvalue weighted by Crippen LogP contribution is 2.27. The van der Waals surface area contributed by atoms with Crippen molar-refractivity contribution in [1.29, 1.82) is 0 Å². The molecule has 6 heteroatoms. The zero-order valence-electron chi connectivity index (χ0n) is 10.1. The van der Waals surface area contributed by atoms with Crippen molar-refractivity contribution in [3.05, 3.63) is 57.8 Å². The molecule has 3 nitrogen and oxygen atoms in total. The van der Waals surface area contributed by atoms with Gasteiger partial charge in [-0.3, -0.25) is 0 Å². The molecule has 2 aromatic rings. The summed E-state index contributed by atoms with van der Waals surface area (Å²) in [6.07, 6.45) is -0.526. The quantitative estimate of drug-likeness (QED) is 0.799. The van der Waals surface area contributed by atoms with E-state index >= 15 is 0 Å². The second-order valence-corrected chi connectivity index (χ2v) is 4.44. The maximum atomic E-state index is 13.3. The van der Waals surface area contributed by atoms with Gasteiger partial charge in [-0.2, -0.15) is 0 Å². The van der Waals surface area contributed by atoms with Crippen LogP contribution in [0.5, 0.6) is 0 Å². The lowest BCUT2D eigenvalue weighted by atomic mass is 10.1. The predicted molar refractivity (Wildman–Crippen MR) is 71.9 cm³/mol. The van der Waals surface area contributed by atoms with Gasteiger partial charge >= 0.3 is 0 Å². The van der Waals surface area contributed by atoms with Gasteiger partial charge in [-0.1, -0.05) is 53.5 Å². The fourth-order valence-electron chi connectivity index (χ4n) is 1.64. The SMILES string of the molecule is CCOC(c1ccccc1)c1nc(Cl)c(F)c(Cl)n1. The zero-order chi connectivity index (χ0) is 13.8. The Morgan fingerprint density at radius 1 is 1.16 bits per heavy atom.